The average molecular weight is 205 g/mol. The summed E-state index contributed by atoms with van der Waals surface area (Å²) >= 11 is 11.2. The van der Waals surface area contributed by atoms with Crippen LogP contribution in [0.15, 0.2) is 18.1 Å². The van der Waals surface area contributed by atoms with Crippen LogP contribution >= 0.6 is 23.2 Å². The van der Waals surface area contributed by atoms with Crippen LogP contribution in [0.25, 0.3) is 0 Å². The molecule has 0 radical (unpaired) electrons. The highest BCUT2D eigenvalue weighted by Crippen LogP contribution is 2.25. The van der Waals surface area contributed by atoms with Crippen LogP contribution in [0.3, 0.4) is 0 Å². The van der Waals surface area contributed by atoms with Gasteiger partial charge in [0.15, 0.2) is 0 Å². The summed E-state index contributed by atoms with van der Waals surface area (Å²) in [5.74, 6) is -1.04. The maximum absolute atomic E-state index is 11.1. The van der Waals surface area contributed by atoms with E-state index in [-0.39, 0.29) is 10.0 Å². The second-order valence-corrected chi connectivity index (χ2v) is 2.57. The summed E-state index contributed by atoms with van der Waals surface area (Å²) in [4.78, 5) is 11.1. The van der Waals surface area contributed by atoms with Gasteiger partial charge in [0.25, 0.3) is 5.78 Å². The lowest BCUT2D eigenvalue weighted by Gasteiger charge is -1.98. The summed E-state index contributed by atoms with van der Waals surface area (Å²) in [6.07, 6.45) is 0. The summed E-state index contributed by atoms with van der Waals surface area (Å²) in [6.45, 7) is 0. The van der Waals surface area contributed by atoms with Crippen molar-refractivity contribution in [2.45, 2.75) is 0 Å². The highest BCUT2D eigenvalue weighted by molar-refractivity contribution is 6.44. The Balaban J connectivity index is 3.69. The van der Waals surface area contributed by atoms with Crippen molar-refractivity contribution in [3.63, 3.8) is 0 Å². The summed E-state index contributed by atoms with van der Waals surface area (Å²) in [5.41, 5.74) is -0.426. The SMILES string of the molecule is [2H]c1c([2H])c(Cl)c(Cl)c([13C](=O)[13C]#N)c1[2H]. The monoisotopic (exact) mass is 204 g/mol. The number of carbonyl (C=O) groups is 1. The molecule has 0 saturated heterocycles. The first kappa shape index (κ1) is 5.58. The second-order valence-electron chi connectivity index (χ2n) is 1.82. The molecule has 0 amide bonds. The van der Waals surface area contributed by atoms with E-state index in [1.165, 1.54) is 6.07 Å². The number of hydrogen-bond acceptors (Lipinski definition) is 2. The molecule has 1 aromatic rings. The number of nitriles is 1. The molecule has 0 aliphatic rings. The van der Waals surface area contributed by atoms with Gasteiger partial charge in [-0.3, -0.25) is 4.79 Å². The minimum atomic E-state index is -1.04. The van der Waals surface area contributed by atoms with Gasteiger partial charge in [-0.05, 0) is 12.1 Å². The maximum Gasteiger partial charge on any atom is 0.263 e. The van der Waals surface area contributed by atoms with Crippen molar-refractivity contribution in [1.82, 2.24) is 0 Å². The standard InChI is InChI=1S/C8H3Cl2NO/c9-6-3-1-2-5(8(6)10)7(12)4-11/h1-3H/i1D,2D,3D,4+1,7+1. The molecule has 0 unspecified atom stereocenters. The third kappa shape index (κ3) is 1.58. The van der Waals surface area contributed by atoms with E-state index in [9.17, 15) is 4.79 Å². The molecule has 0 saturated carbocycles. The van der Waals surface area contributed by atoms with Gasteiger partial charge in [-0.15, -0.1) is 0 Å². The largest absolute Gasteiger partial charge is 0.277 e. The summed E-state index contributed by atoms with van der Waals surface area (Å²) in [7, 11) is 0. The van der Waals surface area contributed by atoms with E-state index < -0.39 is 29.5 Å². The zero-order chi connectivity index (χ0) is 11.7. The first-order valence-electron chi connectivity index (χ1n) is 4.31. The number of Topliss-reactive ketones (excluding diaryl/α,β-unsaturated/α-hetero) is 1. The molecule has 1 rings (SSSR count). The lowest BCUT2D eigenvalue weighted by atomic mass is 10.3. The molecule has 2 nitrogen and oxygen atoms in total. The lowest BCUT2D eigenvalue weighted by Crippen LogP contribution is -1.95. The van der Waals surface area contributed by atoms with Crippen LogP contribution in [0.2, 0.25) is 10.0 Å². The van der Waals surface area contributed by atoms with Crippen LogP contribution in [0.4, 0.5) is 0 Å². The molecule has 0 spiro atoms. The number of halogens is 2. The minimum Gasteiger partial charge on any atom is -0.277 e. The fourth-order valence-corrected chi connectivity index (χ4v) is 0.903. The topological polar surface area (TPSA) is 40.9 Å². The van der Waals surface area contributed by atoms with E-state index in [4.69, 9.17) is 32.6 Å². The zero-order valence-electron chi connectivity index (χ0n) is 8.61. The van der Waals surface area contributed by atoms with Crippen molar-refractivity contribution in [3.05, 3.63) is 33.7 Å². The zero-order valence-corrected chi connectivity index (χ0v) is 7.12. The third-order valence-corrected chi connectivity index (χ3v) is 1.86. The number of ketones is 1. The van der Waals surface area contributed by atoms with Gasteiger partial charge < -0.3 is 0 Å². The quantitative estimate of drug-likeness (QED) is 0.401. The van der Waals surface area contributed by atoms with Crippen LogP contribution in [-0.4, -0.2) is 5.78 Å². The van der Waals surface area contributed by atoms with Crippen molar-refractivity contribution in [2.75, 3.05) is 0 Å². The Morgan fingerprint density at radius 3 is 2.83 bits per heavy atom. The number of nitrogens with zero attached hydrogens (tertiary/aromatic N) is 1. The van der Waals surface area contributed by atoms with E-state index in [1.807, 2.05) is 0 Å². The first-order valence-corrected chi connectivity index (χ1v) is 3.56. The lowest BCUT2D eigenvalue weighted by molar-refractivity contribution is 0.105. The Kier molecular flexibility index (Phi) is 1.66. The molecule has 0 aromatic heterocycles. The molecule has 0 aliphatic heterocycles. The molecule has 0 N–H and O–H groups in total. The van der Waals surface area contributed by atoms with Gasteiger partial charge in [0.05, 0.1) is 19.7 Å². The van der Waals surface area contributed by atoms with Crippen LogP contribution in [-0.2, 0) is 0 Å². The highest BCUT2D eigenvalue weighted by atomic mass is 35.5. The smallest absolute Gasteiger partial charge is 0.263 e. The van der Waals surface area contributed by atoms with Crippen molar-refractivity contribution in [3.8, 4) is 6.07 Å². The Bertz CT molecular complexity index is 467. The molecule has 4 heteroatoms. The number of hydrogen-bond donors (Lipinski definition) is 0. The van der Waals surface area contributed by atoms with Gasteiger partial charge in [0, 0.05) is 0 Å². The van der Waals surface area contributed by atoms with E-state index in [0.717, 1.165) is 0 Å². The van der Waals surface area contributed by atoms with Gasteiger partial charge in [-0.1, -0.05) is 29.2 Å². The highest BCUT2D eigenvalue weighted by Gasteiger charge is 2.10. The van der Waals surface area contributed by atoms with Crippen LogP contribution in [0, 0.1) is 11.3 Å². The molecule has 0 fully saturated rings. The van der Waals surface area contributed by atoms with Crippen molar-refractivity contribution in [2.24, 2.45) is 0 Å². The van der Waals surface area contributed by atoms with Gasteiger partial charge in [-0.25, -0.2) is 0 Å². The molecule has 60 valence electrons. The number of carbonyl (C=O) groups excluding carboxylic acids is 1. The number of rotatable bonds is 1. The van der Waals surface area contributed by atoms with Gasteiger partial charge in [0.1, 0.15) is 6.07 Å². The maximum atomic E-state index is 11.1. The van der Waals surface area contributed by atoms with E-state index >= 15 is 0 Å². The Hall–Kier alpha value is -1.04. The first-order chi connectivity index (χ1) is 6.91. The summed E-state index contributed by atoms with van der Waals surface area (Å²) in [6, 6.07) is -0.219. The van der Waals surface area contributed by atoms with Crippen LogP contribution < -0.4 is 0 Å². The molecule has 0 heterocycles. The molecule has 0 atom stereocenters. The fraction of sp³-hybridized carbons (Fsp3) is 0. The molecular formula is C8H3Cl2NO. The van der Waals surface area contributed by atoms with Gasteiger partial charge >= 0.3 is 0 Å². The Morgan fingerprint density at radius 2 is 2.25 bits per heavy atom. The Morgan fingerprint density at radius 1 is 1.58 bits per heavy atom. The average Bonchev–Trinajstić information content (AvgIpc) is 2.23. The van der Waals surface area contributed by atoms with E-state index in [0.29, 0.717) is 0 Å². The molecule has 12 heavy (non-hydrogen) atoms. The Labute approximate surface area is 83.5 Å². The van der Waals surface area contributed by atoms with E-state index in [2.05, 4.69) is 0 Å². The summed E-state index contributed by atoms with van der Waals surface area (Å²) < 4.78 is 22.0. The normalized spacial score (nSPS) is 12.6. The number of benzene rings is 1. The predicted molar refractivity (Wildman–Crippen MR) is 46.4 cm³/mol. The fourth-order valence-electron chi connectivity index (χ4n) is 0.580. The minimum absolute atomic E-state index is 0.295. The summed E-state index contributed by atoms with van der Waals surface area (Å²) in [5, 5.41) is 7.78. The van der Waals surface area contributed by atoms with Gasteiger partial charge in [0.2, 0.25) is 0 Å². The predicted octanol–water partition coefficient (Wildman–Crippen LogP) is 2.70. The van der Waals surface area contributed by atoms with E-state index in [1.54, 1.807) is 0 Å². The van der Waals surface area contributed by atoms with Gasteiger partial charge in [-0.2, -0.15) is 5.26 Å². The van der Waals surface area contributed by atoms with Crippen LogP contribution in [0.5, 0.6) is 0 Å². The van der Waals surface area contributed by atoms with Crippen molar-refractivity contribution < 1.29 is 8.91 Å². The molecular weight excluding hydrogens is 199 g/mol. The molecule has 0 bridgehead atoms. The second kappa shape index (κ2) is 3.57. The third-order valence-electron chi connectivity index (χ3n) is 1.10. The van der Waals surface area contributed by atoms with Crippen molar-refractivity contribution >= 4 is 29.0 Å². The van der Waals surface area contributed by atoms with Crippen LogP contribution in [0.1, 0.15) is 14.5 Å². The molecule has 0 aliphatic carbocycles. The molecule has 1 aromatic carbocycles. The van der Waals surface area contributed by atoms with Crippen molar-refractivity contribution in [1.29, 1.82) is 5.26 Å².